The highest BCUT2D eigenvalue weighted by Crippen LogP contribution is 2.21. The highest BCUT2D eigenvalue weighted by Gasteiger charge is 2.18. The van der Waals surface area contributed by atoms with Crippen LogP contribution in [0.25, 0.3) is 0 Å². The number of likely N-dealkylation sites (tertiary alicyclic amines) is 1. The van der Waals surface area contributed by atoms with E-state index in [9.17, 15) is 4.79 Å². The Morgan fingerprint density at radius 3 is 2.50 bits per heavy atom. The number of ether oxygens (including phenoxy) is 1. The topological polar surface area (TPSA) is 41.6 Å². The van der Waals surface area contributed by atoms with E-state index >= 15 is 0 Å². The summed E-state index contributed by atoms with van der Waals surface area (Å²) >= 11 is 5.65. The molecule has 0 radical (unpaired) electrons. The minimum absolute atomic E-state index is 0.0266. The molecule has 0 atom stereocenters. The molecule has 1 amide bonds. The normalized spacial score (nSPS) is 14.6. The number of anilines is 1. The maximum absolute atomic E-state index is 12.2. The van der Waals surface area contributed by atoms with Crippen molar-refractivity contribution in [2.24, 2.45) is 5.92 Å². The molecule has 3 rings (SSSR count). The second kappa shape index (κ2) is 9.20. The summed E-state index contributed by atoms with van der Waals surface area (Å²) in [5.74, 6) is 1.27. The lowest BCUT2D eigenvalue weighted by molar-refractivity contribution is -0.118. The third-order valence-corrected chi connectivity index (χ3v) is 5.91. The molecule has 4 nitrogen and oxygen atoms in total. The van der Waals surface area contributed by atoms with Gasteiger partial charge in [0.05, 0.1) is 0 Å². The second-order valence-electron chi connectivity index (χ2n) is 7.58. The summed E-state index contributed by atoms with van der Waals surface area (Å²) in [6.07, 6.45) is 2.38. The fourth-order valence-electron chi connectivity index (χ4n) is 3.31. The van der Waals surface area contributed by atoms with E-state index in [1.54, 1.807) is 0 Å². The Labute approximate surface area is 172 Å². The Morgan fingerprint density at radius 2 is 1.82 bits per heavy atom. The lowest BCUT2D eigenvalue weighted by Crippen LogP contribution is -2.37. The first-order valence-electron chi connectivity index (χ1n) is 9.82. The van der Waals surface area contributed by atoms with Crippen molar-refractivity contribution in [3.8, 4) is 5.75 Å². The van der Waals surface area contributed by atoms with Crippen molar-refractivity contribution in [1.29, 1.82) is 0 Å². The van der Waals surface area contributed by atoms with Gasteiger partial charge in [0.15, 0.2) is 6.61 Å². The van der Waals surface area contributed by atoms with Gasteiger partial charge >= 0.3 is 0 Å². The predicted octanol–water partition coefficient (Wildman–Crippen LogP) is 4.73. The number of piperidine rings is 1. The van der Waals surface area contributed by atoms with Crippen LogP contribution in [-0.4, -0.2) is 35.5 Å². The molecule has 5 heteroatoms. The highest BCUT2D eigenvalue weighted by molar-refractivity contribution is 7.80. The van der Waals surface area contributed by atoms with Crippen LogP contribution in [0.15, 0.2) is 42.5 Å². The average molecular weight is 397 g/mol. The molecular formula is C23H28N2O2S. The number of aryl methyl sites for hydroxylation is 1. The summed E-state index contributed by atoms with van der Waals surface area (Å²) in [5.41, 5.74) is 4.07. The van der Waals surface area contributed by atoms with Gasteiger partial charge in [-0.3, -0.25) is 4.79 Å². The van der Waals surface area contributed by atoms with E-state index in [0.29, 0.717) is 5.75 Å². The summed E-state index contributed by atoms with van der Waals surface area (Å²) in [4.78, 5) is 15.4. The van der Waals surface area contributed by atoms with E-state index < -0.39 is 0 Å². The first-order valence-corrected chi connectivity index (χ1v) is 10.2. The molecule has 1 N–H and O–H groups in total. The molecule has 1 aliphatic rings. The number of hydrogen-bond donors (Lipinski definition) is 1. The SMILES string of the molecule is Cc1cccc(NC(=O)COc2ccc(C(=S)N3CCC(C)CC3)cc2)c1C. The van der Waals surface area contributed by atoms with Crippen molar-refractivity contribution in [3.05, 3.63) is 59.2 Å². The van der Waals surface area contributed by atoms with Crippen LogP contribution in [0.2, 0.25) is 0 Å². The van der Waals surface area contributed by atoms with Crippen LogP contribution in [0.5, 0.6) is 5.75 Å². The molecule has 1 fully saturated rings. The molecule has 0 spiro atoms. The molecule has 0 bridgehead atoms. The van der Waals surface area contributed by atoms with Gasteiger partial charge in [0.1, 0.15) is 10.7 Å². The Balaban J connectivity index is 1.52. The molecule has 2 aromatic carbocycles. The Kier molecular flexibility index (Phi) is 6.68. The van der Waals surface area contributed by atoms with E-state index in [4.69, 9.17) is 17.0 Å². The van der Waals surface area contributed by atoms with Crippen molar-refractivity contribution < 1.29 is 9.53 Å². The number of carbonyl (C=O) groups is 1. The van der Waals surface area contributed by atoms with Crippen LogP contribution in [0.3, 0.4) is 0 Å². The fourth-order valence-corrected chi connectivity index (χ4v) is 3.63. The molecule has 0 aliphatic carbocycles. The first-order chi connectivity index (χ1) is 13.4. The predicted molar refractivity (Wildman–Crippen MR) is 118 cm³/mol. The molecule has 1 aliphatic heterocycles. The number of rotatable bonds is 5. The minimum Gasteiger partial charge on any atom is -0.484 e. The van der Waals surface area contributed by atoms with Crippen LogP contribution in [0.1, 0.15) is 36.5 Å². The van der Waals surface area contributed by atoms with Crippen LogP contribution < -0.4 is 10.1 Å². The van der Waals surface area contributed by atoms with Crippen molar-refractivity contribution in [2.75, 3.05) is 25.0 Å². The van der Waals surface area contributed by atoms with Gasteiger partial charge in [-0.1, -0.05) is 31.3 Å². The highest BCUT2D eigenvalue weighted by atomic mass is 32.1. The zero-order chi connectivity index (χ0) is 20.1. The third-order valence-electron chi connectivity index (χ3n) is 5.42. The monoisotopic (exact) mass is 396 g/mol. The van der Waals surface area contributed by atoms with Gasteiger partial charge in [0, 0.05) is 24.3 Å². The van der Waals surface area contributed by atoms with E-state index in [1.165, 1.54) is 12.8 Å². The van der Waals surface area contributed by atoms with Gasteiger partial charge in [0.25, 0.3) is 5.91 Å². The van der Waals surface area contributed by atoms with Gasteiger partial charge in [-0.05, 0) is 74.1 Å². The van der Waals surface area contributed by atoms with Gasteiger partial charge in [0.2, 0.25) is 0 Å². The first kappa shape index (κ1) is 20.3. The molecule has 0 saturated carbocycles. The summed E-state index contributed by atoms with van der Waals surface area (Å²) in [6, 6.07) is 13.5. The van der Waals surface area contributed by atoms with E-state index in [-0.39, 0.29) is 12.5 Å². The number of thiocarbonyl (C=S) groups is 1. The smallest absolute Gasteiger partial charge is 0.262 e. The van der Waals surface area contributed by atoms with Gasteiger partial charge < -0.3 is 15.0 Å². The molecular weight excluding hydrogens is 368 g/mol. The number of nitrogens with one attached hydrogen (secondary N) is 1. The van der Waals surface area contributed by atoms with E-state index in [0.717, 1.165) is 46.4 Å². The quantitative estimate of drug-likeness (QED) is 0.742. The van der Waals surface area contributed by atoms with Gasteiger partial charge in [-0.2, -0.15) is 0 Å². The van der Waals surface area contributed by atoms with E-state index in [2.05, 4.69) is 17.1 Å². The fraction of sp³-hybridized carbons (Fsp3) is 0.391. The summed E-state index contributed by atoms with van der Waals surface area (Å²) in [6.45, 7) is 8.34. The zero-order valence-corrected chi connectivity index (χ0v) is 17.6. The number of amides is 1. The second-order valence-corrected chi connectivity index (χ2v) is 7.97. The maximum atomic E-state index is 12.2. The molecule has 1 saturated heterocycles. The van der Waals surface area contributed by atoms with Crippen LogP contribution in [0.4, 0.5) is 5.69 Å². The lowest BCUT2D eigenvalue weighted by Gasteiger charge is -2.32. The van der Waals surface area contributed by atoms with Crippen LogP contribution in [0, 0.1) is 19.8 Å². The summed E-state index contributed by atoms with van der Waals surface area (Å²) in [7, 11) is 0. The minimum atomic E-state index is -0.171. The number of nitrogens with zero attached hydrogens (tertiary/aromatic N) is 1. The van der Waals surface area contributed by atoms with Crippen molar-refractivity contribution >= 4 is 28.8 Å². The average Bonchev–Trinajstić information content (AvgIpc) is 2.70. The van der Waals surface area contributed by atoms with Crippen LogP contribution >= 0.6 is 12.2 Å². The molecule has 148 valence electrons. The lowest BCUT2D eigenvalue weighted by atomic mass is 9.99. The summed E-state index contributed by atoms with van der Waals surface area (Å²) < 4.78 is 5.64. The number of carbonyl (C=O) groups excluding carboxylic acids is 1. The molecule has 0 unspecified atom stereocenters. The van der Waals surface area contributed by atoms with Crippen molar-refractivity contribution in [2.45, 2.75) is 33.6 Å². The standard InChI is InChI=1S/C23H28N2O2S/c1-16-11-13-25(14-12-16)23(28)19-7-9-20(10-8-19)27-15-22(26)24-21-6-4-5-17(2)18(21)3/h4-10,16H,11-15H2,1-3H3,(H,24,26). The van der Waals surface area contributed by atoms with Crippen molar-refractivity contribution in [3.63, 3.8) is 0 Å². The van der Waals surface area contributed by atoms with Gasteiger partial charge in [-0.15, -0.1) is 0 Å². The Bertz CT molecular complexity index is 840. The molecule has 28 heavy (non-hydrogen) atoms. The zero-order valence-electron chi connectivity index (χ0n) is 16.8. The third kappa shape index (κ3) is 5.10. The van der Waals surface area contributed by atoms with Gasteiger partial charge in [-0.25, -0.2) is 0 Å². The Hall–Kier alpha value is -2.40. The molecule has 0 aromatic heterocycles. The van der Waals surface area contributed by atoms with Crippen LogP contribution in [-0.2, 0) is 4.79 Å². The maximum Gasteiger partial charge on any atom is 0.262 e. The number of benzene rings is 2. The Morgan fingerprint density at radius 1 is 1.14 bits per heavy atom. The largest absolute Gasteiger partial charge is 0.484 e. The summed E-state index contributed by atoms with van der Waals surface area (Å²) in [5, 5.41) is 2.91. The van der Waals surface area contributed by atoms with E-state index in [1.807, 2.05) is 56.3 Å². The molecule has 2 aromatic rings. The number of hydrogen-bond acceptors (Lipinski definition) is 3. The van der Waals surface area contributed by atoms with Crippen molar-refractivity contribution in [1.82, 2.24) is 4.90 Å². The molecule has 1 heterocycles.